The summed E-state index contributed by atoms with van der Waals surface area (Å²) in [6.45, 7) is 8.21. The average molecular weight is 388 g/mol. The third-order valence-corrected chi connectivity index (χ3v) is 3.08. The first-order valence-electron chi connectivity index (χ1n) is 8.65. The Morgan fingerprint density at radius 2 is 1.81 bits per heavy atom. The highest BCUT2D eigenvalue weighted by Crippen LogP contribution is 2.35. The van der Waals surface area contributed by atoms with Crippen LogP contribution < -0.4 is 20.7 Å². The van der Waals surface area contributed by atoms with Crippen LogP contribution in [0.5, 0.6) is 5.75 Å². The number of aliphatic imine (C=N–C) groups is 1. The van der Waals surface area contributed by atoms with Crippen molar-refractivity contribution in [2.75, 3.05) is 26.2 Å². The number of halogens is 3. The molecule has 0 bridgehead atoms. The molecule has 0 aromatic heterocycles. The molecule has 1 aromatic carbocycles. The molecule has 0 saturated carbocycles. The van der Waals surface area contributed by atoms with Crippen molar-refractivity contribution < 1.29 is 22.7 Å². The van der Waals surface area contributed by atoms with Gasteiger partial charge in [0.15, 0.2) is 5.96 Å². The fraction of sp³-hybridized carbons (Fsp3) is 0.556. The number of ether oxygens (including phenoxy) is 1. The van der Waals surface area contributed by atoms with Crippen LogP contribution in [-0.2, 0) is 11.0 Å². The third-order valence-electron chi connectivity index (χ3n) is 3.08. The summed E-state index contributed by atoms with van der Waals surface area (Å²) in [7, 11) is 0. The van der Waals surface area contributed by atoms with E-state index in [1.807, 2.05) is 27.7 Å². The van der Waals surface area contributed by atoms with Crippen LogP contribution in [0, 0.1) is 0 Å². The van der Waals surface area contributed by atoms with Gasteiger partial charge in [-0.3, -0.25) is 4.79 Å². The topological polar surface area (TPSA) is 74.8 Å². The first-order valence-corrected chi connectivity index (χ1v) is 8.65. The van der Waals surface area contributed by atoms with Crippen LogP contribution in [0.3, 0.4) is 0 Å². The lowest BCUT2D eigenvalue weighted by molar-refractivity contribution is -0.139. The SMILES string of the molecule is CCNC(=NCC(=O)NC(C)(C)C)NCCOc1ccccc1C(F)(F)F. The summed E-state index contributed by atoms with van der Waals surface area (Å²) < 4.78 is 44.0. The highest BCUT2D eigenvalue weighted by Gasteiger charge is 2.33. The molecular formula is C18H27F3N4O2. The van der Waals surface area contributed by atoms with E-state index in [-0.39, 0.29) is 36.9 Å². The van der Waals surface area contributed by atoms with Crippen LogP contribution in [0.25, 0.3) is 0 Å². The van der Waals surface area contributed by atoms with Gasteiger partial charge in [0.2, 0.25) is 5.91 Å². The highest BCUT2D eigenvalue weighted by atomic mass is 19.4. The minimum Gasteiger partial charge on any atom is -0.491 e. The number of hydrogen-bond acceptors (Lipinski definition) is 3. The Kier molecular flexibility index (Phi) is 8.39. The number of guanidine groups is 1. The molecule has 0 fully saturated rings. The molecule has 3 N–H and O–H groups in total. The van der Waals surface area contributed by atoms with E-state index in [4.69, 9.17) is 4.74 Å². The van der Waals surface area contributed by atoms with E-state index in [0.29, 0.717) is 12.5 Å². The van der Waals surface area contributed by atoms with Crippen molar-refractivity contribution in [3.8, 4) is 5.75 Å². The van der Waals surface area contributed by atoms with Gasteiger partial charge in [-0.1, -0.05) is 12.1 Å². The fourth-order valence-electron chi connectivity index (χ4n) is 2.11. The van der Waals surface area contributed by atoms with Crippen molar-refractivity contribution in [2.45, 2.75) is 39.4 Å². The molecule has 9 heteroatoms. The molecule has 0 aliphatic rings. The lowest BCUT2D eigenvalue weighted by atomic mass is 10.1. The Hall–Kier alpha value is -2.45. The van der Waals surface area contributed by atoms with Crippen molar-refractivity contribution in [3.63, 3.8) is 0 Å². The van der Waals surface area contributed by atoms with E-state index >= 15 is 0 Å². The Balaban J connectivity index is 2.54. The third kappa shape index (κ3) is 9.16. The number of carbonyl (C=O) groups excluding carboxylic acids is 1. The largest absolute Gasteiger partial charge is 0.491 e. The molecule has 6 nitrogen and oxygen atoms in total. The van der Waals surface area contributed by atoms with E-state index in [1.165, 1.54) is 18.2 Å². The molecule has 0 heterocycles. The van der Waals surface area contributed by atoms with Gasteiger partial charge in [0.1, 0.15) is 18.9 Å². The maximum Gasteiger partial charge on any atom is 0.419 e. The second kappa shape index (κ2) is 10.0. The predicted octanol–water partition coefficient (Wildman–Crippen LogP) is 2.55. The average Bonchev–Trinajstić information content (AvgIpc) is 2.54. The van der Waals surface area contributed by atoms with Gasteiger partial charge in [-0.15, -0.1) is 0 Å². The molecule has 1 rings (SSSR count). The molecule has 0 spiro atoms. The molecule has 0 atom stereocenters. The number of nitrogens with one attached hydrogen (secondary N) is 3. The van der Waals surface area contributed by atoms with Crippen molar-refractivity contribution in [3.05, 3.63) is 29.8 Å². The number of hydrogen-bond donors (Lipinski definition) is 3. The minimum atomic E-state index is -4.47. The van der Waals surface area contributed by atoms with E-state index in [2.05, 4.69) is 20.9 Å². The minimum absolute atomic E-state index is 0.00565. The maximum absolute atomic E-state index is 12.9. The number of amides is 1. The number of nitrogens with zero attached hydrogens (tertiary/aromatic N) is 1. The van der Waals surface area contributed by atoms with Crippen LogP contribution >= 0.6 is 0 Å². The quantitative estimate of drug-likeness (QED) is 0.381. The smallest absolute Gasteiger partial charge is 0.419 e. The van der Waals surface area contributed by atoms with Gasteiger partial charge in [0.25, 0.3) is 0 Å². The van der Waals surface area contributed by atoms with Gasteiger partial charge < -0.3 is 20.7 Å². The zero-order valence-electron chi connectivity index (χ0n) is 16.0. The molecule has 0 aliphatic heterocycles. The number of benzene rings is 1. The fourth-order valence-corrected chi connectivity index (χ4v) is 2.11. The molecular weight excluding hydrogens is 361 g/mol. The normalized spacial score (nSPS) is 12.5. The van der Waals surface area contributed by atoms with Crippen LogP contribution in [0.2, 0.25) is 0 Å². The molecule has 27 heavy (non-hydrogen) atoms. The highest BCUT2D eigenvalue weighted by molar-refractivity contribution is 5.85. The summed E-state index contributed by atoms with van der Waals surface area (Å²) in [6, 6.07) is 5.05. The standard InChI is InChI=1S/C18H27F3N4O2/c1-5-22-16(24-12-15(26)25-17(2,3)4)23-10-11-27-14-9-7-6-8-13(14)18(19,20)21/h6-9H,5,10-12H2,1-4H3,(H,25,26)(H2,22,23,24). The van der Waals surface area contributed by atoms with Gasteiger partial charge >= 0.3 is 6.18 Å². The zero-order chi connectivity index (χ0) is 20.5. The Bertz CT molecular complexity index is 640. The Morgan fingerprint density at radius 3 is 2.41 bits per heavy atom. The monoisotopic (exact) mass is 388 g/mol. The zero-order valence-corrected chi connectivity index (χ0v) is 16.0. The maximum atomic E-state index is 12.9. The lowest BCUT2D eigenvalue weighted by Crippen LogP contribution is -2.43. The first-order chi connectivity index (χ1) is 12.5. The van der Waals surface area contributed by atoms with Crippen molar-refractivity contribution in [2.24, 2.45) is 4.99 Å². The summed E-state index contributed by atoms with van der Waals surface area (Å²) in [6.07, 6.45) is -4.47. The number of para-hydroxylation sites is 1. The molecule has 152 valence electrons. The molecule has 1 amide bonds. The van der Waals surface area contributed by atoms with Crippen molar-refractivity contribution >= 4 is 11.9 Å². The number of alkyl halides is 3. The molecule has 0 unspecified atom stereocenters. The number of rotatable bonds is 7. The summed E-state index contributed by atoms with van der Waals surface area (Å²) in [5, 5.41) is 8.67. The van der Waals surface area contributed by atoms with Crippen LogP contribution in [0.1, 0.15) is 33.3 Å². The summed E-state index contributed by atoms with van der Waals surface area (Å²) in [4.78, 5) is 16.0. The molecule has 0 saturated heterocycles. The summed E-state index contributed by atoms with van der Waals surface area (Å²) >= 11 is 0. The summed E-state index contributed by atoms with van der Waals surface area (Å²) in [5.74, 6) is -0.0670. The van der Waals surface area contributed by atoms with E-state index in [9.17, 15) is 18.0 Å². The van der Waals surface area contributed by atoms with Gasteiger partial charge in [-0.2, -0.15) is 13.2 Å². The van der Waals surface area contributed by atoms with E-state index < -0.39 is 11.7 Å². The molecule has 0 aliphatic carbocycles. The van der Waals surface area contributed by atoms with Crippen LogP contribution in [0.4, 0.5) is 13.2 Å². The second-order valence-electron chi connectivity index (χ2n) is 6.76. The second-order valence-corrected chi connectivity index (χ2v) is 6.76. The molecule has 0 radical (unpaired) electrons. The van der Waals surface area contributed by atoms with Crippen molar-refractivity contribution in [1.82, 2.24) is 16.0 Å². The van der Waals surface area contributed by atoms with Gasteiger partial charge in [0, 0.05) is 12.1 Å². The molecule has 1 aromatic rings. The lowest BCUT2D eigenvalue weighted by Gasteiger charge is -2.20. The Labute approximate surface area is 157 Å². The van der Waals surface area contributed by atoms with E-state index in [0.717, 1.165) is 6.07 Å². The predicted molar refractivity (Wildman–Crippen MR) is 98.8 cm³/mol. The first kappa shape index (κ1) is 22.6. The van der Waals surface area contributed by atoms with E-state index in [1.54, 1.807) is 0 Å². The van der Waals surface area contributed by atoms with Crippen molar-refractivity contribution in [1.29, 1.82) is 0 Å². The Morgan fingerprint density at radius 1 is 1.15 bits per heavy atom. The van der Waals surface area contributed by atoms with Crippen LogP contribution in [0.15, 0.2) is 29.3 Å². The van der Waals surface area contributed by atoms with Gasteiger partial charge in [0.05, 0.1) is 12.1 Å². The van der Waals surface area contributed by atoms with Crippen LogP contribution in [-0.4, -0.2) is 43.6 Å². The number of carbonyl (C=O) groups is 1. The van der Waals surface area contributed by atoms with Gasteiger partial charge in [-0.05, 0) is 39.8 Å². The van der Waals surface area contributed by atoms with Gasteiger partial charge in [-0.25, -0.2) is 4.99 Å². The summed E-state index contributed by atoms with van der Waals surface area (Å²) in [5.41, 5.74) is -1.16.